The minimum atomic E-state index is -0.822. The molecular weight excluding hydrogens is 831 g/mol. The molecule has 0 radical (unpaired) electrons. The number of esters is 2. The fourth-order valence-corrected chi connectivity index (χ4v) is 13.6. The summed E-state index contributed by atoms with van der Waals surface area (Å²) in [4.78, 5) is 70.3. The molecule has 2 heterocycles. The van der Waals surface area contributed by atoms with Gasteiger partial charge in [0.1, 0.15) is 23.6 Å². The summed E-state index contributed by atoms with van der Waals surface area (Å²) in [6.07, 6.45) is 18.5. The lowest BCUT2D eigenvalue weighted by atomic mass is 9.52. The molecule has 12 nitrogen and oxygen atoms in total. The van der Waals surface area contributed by atoms with Gasteiger partial charge in [0.05, 0.1) is 0 Å². The zero-order valence-corrected chi connectivity index (χ0v) is 40.5. The maximum Gasteiger partial charge on any atom is 0.334 e. The number of unbranched alkanes of at least 4 members (excludes halogenated alkanes) is 3. The van der Waals surface area contributed by atoms with Gasteiger partial charge in [-0.25, -0.2) is 9.59 Å². The molecule has 2 saturated heterocycles. The molecule has 8 rings (SSSR count). The standard InChI is InChI=1S/C54H77N5O7/c1-6-35(2)50(52(64)66-40-21-19-38-32-47-42-16-11-13-25-54(42,44(38)34-40)27-30-59(47)5)57-49(62)23-22-48(61)55-28-14-8-7-9-17-45(56-36(3)60)51(63)65-39-20-18-37-31-46-41-15-10-12-24-53(41,43(37)33-39)26-29-58(46)4/h18-21,33-35,41-42,45-47,50H,6-17,22-32H2,1-5H3,(H,55,61)(H,56,60)(H,57,62)/t35-,41-,42-,45+,46+,47+,50-,53+,54+/m1/s1. The molecule has 66 heavy (non-hydrogen) atoms. The normalized spacial score (nSPS) is 27.9. The van der Waals surface area contributed by atoms with Crippen molar-refractivity contribution in [2.24, 2.45) is 17.8 Å². The van der Waals surface area contributed by atoms with Crippen molar-refractivity contribution < 1.29 is 33.4 Å². The topological polar surface area (TPSA) is 146 Å². The van der Waals surface area contributed by atoms with Crippen molar-refractivity contribution in [2.75, 3.05) is 33.7 Å². The van der Waals surface area contributed by atoms with Crippen LogP contribution < -0.4 is 25.4 Å². The highest BCUT2D eigenvalue weighted by atomic mass is 16.5. The molecule has 3 N–H and O–H groups in total. The lowest BCUT2D eigenvalue weighted by molar-refractivity contribution is -0.141. The molecule has 6 aliphatic rings. The predicted molar refractivity (Wildman–Crippen MR) is 255 cm³/mol. The second-order valence-electron chi connectivity index (χ2n) is 21.2. The first-order chi connectivity index (χ1) is 31.8. The zero-order valence-electron chi connectivity index (χ0n) is 40.5. The van der Waals surface area contributed by atoms with E-state index in [1.165, 1.54) is 80.5 Å². The van der Waals surface area contributed by atoms with Crippen LogP contribution in [0.1, 0.15) is 159 Å². The Balaban J connectivity index is 0.752. The molecule has 4 aliphatic carbocycles. The lowest BCUT2D eigenvalue weighted by Crippen LogP contribution is -2.59. The van der Waals surface area contributed by atoms with Crippen molar-refractivity contribution in [1.29, 1.82) is 0 Å². The largest absolute Gasteiger partial charge is 0.425 e. The van der Waals surface area contributed by atoms with Crippen LogP contribution in [0.5, 0.6) is 11.5 Å². The first-order valence-corrected chi connectivity index (χ1v) is 25.8. The Hall–Kier alpha value is -4.29. The highest BCUT2D eigenvalue weighted by molar-refractivity contribution is 5.88. The quantitative estimate of drug-likeness (QED) is 0.0789. The molecule has 0 unspecified atom stereocenters. The van der Waals surface area contributed by atoms with Gasteiger partial charge in [-0.2, -0.15) is 0 Å². The van der Waals surface area contributed by atoms with Crippen LogP contribution in [0.3, 0.4) is 0 Å². The van der Waals surface area contributed by atoms with Gasteiger partial charge >= 0.3 is 11.9 Å². The molecule has 12 heteroatoms. The summed E-state index contributed by atoms with van der Waals surface area (Å²) in [6.45, 7) is 7.99. The van der Waals surface area contributed by atoms with Crippen molar-refractivity contribution in [3.63, 3.8) is 0 Å². The Labute approximate surface area is 393 Å². The summed E-state index contributed by atoms with van der Waals surface area (Å²) in [6, 6.07) is 12.0. The van der Waals surface area contributed by atoms with E-state index < -0.39 is 24.0 Å². The average Bonchev–Trinajstić information content (AvgIpc) is 3.31. The Bertz CT molecular complexity index is 2110. The van der Waals surface area contributed by atoms with E-state index in [-0.39, 0.29) is 47.3 Å². The number of rotatable bonds is 18. The molecule has 0 aromatic heterocycles. The number of benzene rings is 2. The van der Waals surface area contributed by atoms with Crippen LogP contribution in [0.4, 0.5) is 0 Å². The lowest BCUT2D eigenvalue weighted by Gasteiger charge is -2.58. The third-order valence-electron chi connectivity index (χ3n) is 17.4. The van der Waals surface area contributed by atoms with E-state index in [2.05, 4.69) is 64.1 Å². The van der Waals surface area contributed by atoms with Gasteiger partial charge in [0, 0.05) is 49.2 Å². The van der Waals surface area contributed by atoms with Crippen molar-refractivity contribution in [3.05, 3.63) is 58.7 Å². The Morgan fingerprint density at radius 2 is 1.24 bits per heavy atom. The number of nitrogens with one attached hydrogen (secondary N) is 3. The van der Waals surface area contributed by atoms with Crippen LogP contribution in [-0.2, 0) is 47.6 Å². The summed E-state index contributed by atoms with van der Waals surface area (Å²) in [5.74, 6) is 0.462. The molecule has 4 bridgehead atoms. The molecule has 3 amide bonds. The highest BCUT2D eigenvalue weighted by Crippen LogP contribution is 2.57. The number of hydrogen-bond acceptors (Lipinski definition) is 9. The number of carbonyl (C=O) groups excluding carboxylic acids is 5. The fourth-order valence-electron chi connectivity index (χ4n) is 13.6. The van der Waals surface area contributed by atoms with Crippen LogP contribution >= 0.6 is 0 Å². The van der Waals surface area contributed by atoms with E-state index in [9.17, 15) is 24.0 Å². The molecule has 0 spiro atoms. The Morgan fingerprint density at radius 1 is 0.697 bits per heavy atom. The number of hydrogen-bond donors (Lipinski definition) is 3. The predicted octanol–water partition coefficient (Wildman–Crippen LogP) is 7.46. The molecule has 9 atom stereocenters. The second kappa shape index (κ2) is 20.9. The molecule has 4 fully saturated rings. The van der Waals surface area contributed by atoms with Gasteiger partial charge in [-0.05, 0) is 156 Å². The number of carbonyl (C=O) groups is 5. The van der Waals surface area contributed by atoms with E-state index in [1.807, 2.05) is 26.0 Å². The maximum atomic E-state index is 13.7. The number of nitrogens with zero attached hydrogens (tertiary/aromatic N) is 2. The smallest absolute Gasteiger partial charge is 0.334 e. The molecular formula is C54H77N5O7. The number of likely N-dealkylation sites (N-methyl/N-ethyl adjacent to an activating group) is 2. The summed E-state index contributed by atoms with van der Waals surface area (Å²) in [7, 11) is 4.53. The minimum Gasteiger partial charge on any atom is -0.425 e. The number of piperidine rings is 2. The SMILES string of the molecule is CC[C@@H](C)[C@@H](NC(=O)CCC(=O)NCCCCCC[C@H](NC(C)=O)C(=O)Oc1ccc2c(c1)[C@]13CCCC[C@@H]1[C@H](C2)N(C)CC3)C(=O)Oc1ccc2c(c1)[C@]13CCCC[C@@H]1[C@H](C2)N(C)CC3. The summed E-state index contributed by atoms with van der Waals surface area (Å²) >= 11 is 0. The average molecular weight is 908 g/mol. The van der Waals surface area contributed by atoms with E-state index >= 15 is 0 Å². The first-order valence-electron chi connectivity index (χ1n) is 25.8. The summed E-state index contributed by atoms with van der Waals surface area (Å²) in [5, 5.41) is 8.63. The summed E-state index contributed by atoms with van der Waals surface area (Å²) in [5.41, 5.74) is 5.77. The van der Waals surface area contributed by atoms with E-state index in [0.29, 0.717) is 61.2 Å². The van der Waals surface area contributed by atoms with Crippen molar-refractivity contribution in [3.8, 4) is 11.5 Å². The van der Waals surface area contributed by atoms with Gasteiger partial charge in [-0.15, -0.1) is 0 Å². The number of ether oxygens (including phenoxy) is 2. The molecule has 360 valence electrons. The number of fused-ring (bicyclic) bond motifs is 2. The molecule has 2 aromatic carbocycles. The Kier molecular flexibility index (Phi) is 15.3. The van der Waals surface area contributed by atoms with Crippen LogP contribution in [0.2, 0.25) is 0 Å². The van der Waals surface area contributed by atoms with Gasteiger partial charge in [0.15, 0.2) is 0 Å². The monoisotopic (exact) mass is 908 g/mol. The second-order valence-corrected chi connectivity index (χ2v) is 21.2. The van der Waals surface area contributed by atoms with Gasteiger partial charge in [-0.3, -0.25) is 14.4 Å². The third-order valence-corrected chi connectivity index (χ3v) is 17.4. The van der Waals surface area contributed by atoms with Gasteiger partial charge in [-0.1, -0.05) is 77.3 Å². The van der Waals surface area contributed by atoms with Crippen LogP contribution in [0.15, 0.2) is 36.4 Å². The van der Waals surface area contributed by atoms with Crippen LogP contribution in [-0.4, -0.2) is 97.4 Å². The highest BCUT2D eigenvalue weighted by Gasteiger charge is 2.54. The van der Waals surface area contributed by atoms with Crippen LogP contribution in [0, 0.1) is 17.8 Å². The number of amides is 3. The van der Waals surface area contributed by atoms with Crippen molar-refractivity contribution >= 4 is 29.7 Å². The Morgan fingerprint density at radius 3 is 1.80 bits per heavy atom. The molecule has 2 aliphatic heterocycles. The fraction of sp³-hybridized carbons (Fsp3) is 0.685. The third kappa shape index (κ3) is 10.1. The van der Waals surface area contributed by atoms with E-state index in [1.54, 1.807) is 0 Å². The first kappa shape index (κ1) is 48.2. The van der Waals surface area contributed by atoms with E-state index in [4.69, 9.17) is 9.47 Å². The zero-order chi connectivity index (χ0) is 46.6. The van der Waals surface area contributed by atoms with Gasteiger partial charge in [0.2, 0.25) is 17.7 Å². The van der Waals surface area contributed by atoms with Gasteiger partial charge < -0.3 is 35.2 Å². The summed E-state index contributed by atoms with van der Waals surface area (Å²) < 4.78 is 12.0. The molecule has 2 saturated carbocycles. The van der Waals surface area contributed by atoms with Gasteiger partial charge in [0.25, 0.3) is 0 Å². The van der Waals surface area contributed by atoms with Crippen molar-refractivity contribution in [1.82, 2.24) is 25.8 Å². The van der Waals surface area contributed by atoms with E-state index in [0.717, 1.165) is 58.0 Å². The van der Waals surface area contributed by atoms with Crippen molar-refractivity contribution in [2.45, 2.75) is 184 Å². The molecule has 2 aromatic rings. The maximum absolute atomic E-state index is 13.7. The minimum absolute atomic E-state index is 0.0164. The number of likely N-dealkylation sites (tertiary alicyclic amines) is 2. The van der Waals surface area contributed by atoms with Crippen LogP contribution in [0.25, 0.3) is 0 Å².